The van der Waals surface area contributed by atoms with E-state index in [0.29, 0.717) is 0 Å². The summed E-state index contributed by atoms with van der Waals surface area (Å²) in [4.78, 5) is 18.9. The molecule has 0 fully saturated rings. The van der Waals surface area contributed by atoms with E-state index < -0.39 is 0 Å². The fraction of sp³-hybridized carbons (Fsp3) is 0.500. The SMILES string of the molecule is CCOC(C)OCC.O=c1cc1.O=c1cc1. The van der Waals surface area contributed by atoms with Gasteiger partial charge in [-0.15, -0.1) is 0 Å². The zero-order valence-corrected chi connectivity index (χ0v) is 9.93. The van der Waals surface area contributed by atoms with Crippen molar-refractivity contribution in [1.29, 1.82) is 0 Å². The van der Waals surface area contributed by atoms with Gasteiger partial charge in [-0.2, -0.15) is 0 Å². The molecule has 0 saturated heterocycles. The summed E-state index contributed by atoms with van der Waals surface area (Å²) < 4.78 is 10.1. The summed E-state index contributed by atoms with van der Waals surface area (Å²) in [5.74, 6) is 0. The van der Waals surface area contributed by atoms with E-state index in [-0.39, 0.29) is 17.1 Å². The molecule has 0 bridgehead atoms. The first-order valence-corrected chi connectivity index (χ1v) is 5.27. The molecule has 0 aliphatic rings. The van der Waals surface area contributed by atoms with Crippen LogP contribution in [0.5, 0.6) is 0 Å². The predicted octanol–water partition coefficient (Wildman–Crippen LogP) is 1.25. The Morgan fingerprint density at radius 3 is 1.31 bits per heavy atom. The van der Waals surface area contributed by atoms with Gasteiger partial charge in [0.2, 0.25) is 0 Å². The molecular weight excluding hydrogens is 208 g/mol. The lowest BCUT2D eigenvalue weighted by atomic mass is 10.7. The van der Waals surface area contributed by atoms with Crippen molar-refractivity contribution in [2.24, 2.45) is 0 Å². The summed E-state index contributed by atoms with van der Waals surface area (Å²) in [6.45, 7) is 7.25. The van der Waals surface area contributed by atoms with Crippen LogP contribution in [0.15, 0.2) is 33.9 Å². The zero-order chi connectivity index (χ0) is 12.4. The third-order valence-corrected chi connectivity index (χ3v) is 1.41. The van der Waals surface area contributed by atoms with Crippen LogP contribution in [0.2, 0.25) is 0 Å². The maximum atomic E-state index is 9.44. The lowest BCUT2D eigenvalue weighted by molar-refractivity contribution is -0.123. The molecule has 0 atom stereocenters. The molecule has 0 unspecified atom stereocenters. The van der Waals surface area contributed by atoms with Crippen molar-refractivity contribution in [3.05, 3.63) is 44.7 Å². The minimum Gasteiger partial charge on any atom is -0.353 e. The van der Waals surface area contributed by atoms with Gasteiger partial charge in [-0.3, -0.25) is 9.59 Å². The molecule has 90 valence electrons. The highest BCUT2D eigenvalue weighted by atomic mass is 16.7. The predicted molar refractivity (Wildman–Crippen MR) is 62.9 cm³/mol. The van der Waals surface area contributed by atoms with E-state index in [0.717, 1.165) is 13.2 Å². The molecule has 0 saturated carbocycles. The molecule has 0 N–H and O–H groups in total. The molecule has 2 aromatic rings. The Bertz CT molecular complexity index is 305. The van der Waals surface area contributed by atoms with Crippen LogP contribution in [0.3, 0.4) is 0 Å². The third-order valence-electron chi connectivity index (χ3n) is 1.41. The summed E-state index contributed by atoms with van der Waals surface area (Å²) >= 11 is 0. The first-order chi connectivity index (χ1) is 7.60. The third kappa shape index (κ3) is 15.2. The summed E-state index contributed by atoms with van der Waals surface area (Å²) in [5, 5.41) is 0. The van der Waals surface area contributed by atoms with Gasteiger partial charge in [0.05, 0.1) is 0 Å². The monoisotopic (exact) mass is 226 g/mol. The van der Waals surface area contributed by atoms with Gasteiger partial charge in [0.25, 0.3) is 0 Å². The van der Waals surface area contributed by atoms with Gasteiger partial charge in [-0.1, -0.05) is 0 Å². The molecule has 2 aromatic carbocycles. The highest BCUT2D eigenvalue weighted by molar-refractivity contribution is 5.01. The normalized spacial score (nSPS) is 9.75. The minimum atomic E-state index is -0.0370. The van der Waals surface area contributed by atoms with Crippen molar-refractivity contribution in [2.45, 2.75) is 27.1 Å². The van der Waals surface area contributed by atoms with Gasteiger partial charge in [-0.05, 0) is 45.0 Å². The lowest BCUT2D eigenvalue weighted by Crippen LogP contribution is -2.11. The van der Waals surface area contributed by atoms with E-state index in [1.807, 2.05) is 20.8 Å². The maximum Gasteiger partial charge on any atom is 0.178 e. The fourth-order valence-corrected chi connectivity index (χ4v) is 0.586. The van der Waals surface area contributed by atoms with Gasteiger partial charge in [0.1, 0.15) is 0 Å². The van der Waals surface area contributed by atoms with Crippen molar-refractivity contribution in [2.75, 3.05) is 13.2 Å². The van der Waals surface area contributed by atoms with E-state index in [4.69, 9.17) is 9.47 Å². The first-order valence-electron chi connectivity index (χ1n) is 5.27. The standard InChI is InChI=1S/C6H14O2.2C3H2O/c1-4-7-6(3)8-5-2;2*4-3-1-2-3/h6H,4-5H2,1-3H3;2*1-2H. The fourth-order valence-electron chi connectivity index (χ4n) is 0.586. The van der Waals surface area contributed by atoms with Gasteiger partial charge in [-0.25, -0.2) is 0 Å². The van der Waals surface area contributed by atoms with Crippen LogP contribution < -0.4 is 10.9 Å². The molecule has 4 heteroatoms. The van der Waals surface area contributed by atoms with Crippen LogP contribution >= 0.6 is 0 Å². The van der Waals surface area contributed by atoms with E-state index >= 15 is 0 Å². The van der Waals surface area contributed by atoms with Crippen LogP contribution in [0.4, 0.5) is 0 Å². The van der Waals surface area contributed by atoms with Crippen molar-refractivity contribution in [3.8, 4) is 0 Å². The Hall–Kier alpha value is -1.26. The Balaban J connectivity index is 0.000000231. The minimum absolute atomic E-state index is 0.0370. The number of hydrogen-bond acceptors (Lipinski definition) is 4. The molecule has 2 rings (SSSR count). The second-order valence-electron chi connectivity index (χ2n) is 2.95. The number of hydrogen-bond donors (Lipinski definition) is 0. The summed E-state index contributed by atoms with van der Waals surface area (Å²) in [6, 6.07) is 6.11. The van der Waals surface area contributed by atoms with Crippen molar-refractivity contribution in [1.82, 2.24) is 0 Å². The highest BCUT2D eigenvalue weighted by Crippen LogP contribution is 1.90. The first kappa shape index (κ1) is 14.7. The molecule has 16 heavy (non-hydrogen) atoms. The molecule has 0 aromatic heterocycles. The molecule has 0 heterocycles. The Labute approximate surface area is 95.2 Å². The van der Waals surface area contributed by atoms with Crippen molar-refractivity contribution >= 4 is 0 Å². The molecule has 0 aliphatic heterocycles. The summed E-state index contributed by atoms with van der Waals surface area (Å²) in [7, 11) is 0. The van der Waals surface area contributed by atoms with Gasteiger partial charge < -0.3 is 9.47 Å². The Morgan fingerprint density at radius 2 is 1.19 bits per heavy atom. The maximum absolute atomic E-state index is 9.44. The average molecular weight is 226 g/mol. The van der Waals surface area contributed by atoms with Crippen LogP contribution in [0.1, 0.15) is 20.8 Å². The van der Waals surface area contributed by atoms with Crippen molar-refractivity contribution in [3.63, 3.8) is 0 Å². The Morgan fingerprint density at radius 1 is 0.938 bits per heavy atom. The van der Waals surface area contributed by atoms with E-state index in [9.17, 15) is 9.59 Å². The lowest BCUT2D eigenvalue weighted by Gasteiger charge is -2.09. The van der Waals surface area contributed by atoms with Crippen molar-refractivity contribution < 1.29 is 9.47 Å². The molecule has 0 amide bonds. The van der Waals surface area contributed by atoms with Crippen LogP contribution in [0, 0.1) is 0 Å². The number of ether oxygens (including phenoxy) is 2. The summed E-state index contributed by atoms with van der Waals surface area (Å²) in [5.41, 5.74) is 0.333. The average Bonchev–Trinajstić information content (AvgIpc) is 3.11. The molecule has 4 nitrogen and oxygen atoms in total. The quantitative estimate of drug-likeness (QED) is 0.736. The van der Waals surface area contributed by atoms with Crippen LogP contribution in [-0.2, 0) is 9.47 Å². The van der Waals surface area contributed by atoms with E-state index in [1.54, 1.807) is 0 Å². The van der Waals surface area contributed by atoms with Crippen LogP contribution in [-0.4, -0.2) is 19.5 Å². The van der Waals surface area contributed by atoms with Gasteiger partial charge in [0.15, 0.2) is 17.1 Å². The second kappa shape index (κ2) is 9.00. The molecular formula is C12H18O4. The zero-order valence-electron chi connectivity index (χ0n) is 9.93. The molecule has 0 spiro atoms. The smallest absolute Gasteiger partial charge is 0.178 e. The Kier molecular flexibility index (Phi) is 8.29. The van der Waals surface area contributed by atoms with Crippen LogP contribution in [0.25, 0.3) is 0 Å². The van der Waals surface area contributed by atoms with Gasteiger partial charge >= 0.3 is 0 Å². The largest absolute Gasteiger partial charge is 0.353 e. The molecule has 0 radical (unpaired) electrons. The topological polar surface area (TPSA) is 52.6 Å². The number of rotatable bonds is 4. The van der Waals surface area contributed by atoms with E-state index in [2.05, 4.69) is 0 Å². The second-order valence-corrected chi connectivity index (χ2v) is 2.95. The molecule has 0 aliphatic carbocycles. The van der Waals surface area contributed by atoms with Gasteiger partial charge in [0, 0.05) is 13.2 Å². The highest BCUT2D eigenvalue weighted by Gasteiger charge is 1.94. The van der Waals surface area contributed by atoms with E-state index in [1.165, 1.54) is 24.3 Å². The summed E-state index contributed by atoms with van der Waals surface area (Å²) in [6.07, 6.45) is -0.0370.